The van der Waals surface area contributed by atoms with Gasteiger partial charge in [0.1, 0.15) is 0 Å². The Kier molecular flexibility index (Phi) is 2.41. The predicted octanol–water partition coefficient (Wildman–Crippen LogP) is 2.14. The number of nitrogens with one attached hydrogen (secondary N) is 1. The molecule has 2 rings (SSSR count). The normalized spacial score (nSPS) is 16.8. The fourth-order valence-electron chi connectivity index (χ4n) is 1.23. The van der Waals surface area contributed by atoms with E-state index in [2.05, 4.69) is 9.47 Å². The van der Waals surface area contributed by atoms with E-state index < -0.39 is 6.29 Å². The van der Waals surface area contributed by atoms with E-state index >= 15 is 0 Å². The van der Waals surface area contributed by atoms with Gasteiger partial charge in [-0.25, -0.2) is 5.48 Å². The van der Waals surface area contributed by atoms with Gasteiger partial charge in [-0.3, -0.25) is 0 Å². The molecule has 1 heterocycles. The second-order valence-electron chi connectivity index (χ2n) is 2.89. The van der Waals surface area contributed by atoms with Crippen LogP contribution in [-0.4, -0.2) is 11.5 Å². The molecule has 0 radical (unpaired) electrons. The van der Waals surface area contributed by atoms with Crippen molar-refractivity contribution in [2.75, 3.05) is 0 Å². The second-order valence-corrected chi connectivity index (χ2v) is 3.30. The SMILES string of the molecule is ONCc1cc2c(cc1Cl)OC(F)(F)O2. The van der Waals surface area contributed by atoms with Crippen molar-refractivity contribution in [1.29, 1.82) is 0 Å². The molecule has 0 unspecified atom stereocenters. The molecule has 4 nitrogen and oxygen atoms in total. The summed E-state index contributed by atoms with van der Waals surface area (Å²) in [5.41, 5.74) is 2.30. The van der Waals surface area contributed by atoms with Crippen LogP contribution < -0.4 is 15.0 Å². The average Bonchev–Trinajstić information content (AvgIpc) is 2.39. The lowest BCUT2D eigenvalue weighted by Crippen LogP contribution is -2.25. The average molecular weight is 238 g/mol. The zero-order valence-electron chi connectivity index (χ0n) is 7.26. The molecule has 0 atom stereocenters. The number of hydrogen-bond donors (Lipinski definition) is 2. The van der Waals surface area contributed by atoms with Crippen molar-refractivity contribution in [3.8, 4) is 11.5 Å². The largest absolute Gasteiger partial charge is 0.586 e. The zero-order valence-corrected chi connectivity index (χ0v) is 8.02. The highest BCUT2D eigenvalue weighted by Crippen LogP contribution is 2.43. The molecule has 1 aromatic carbocycles. The molecule has 0 bridgehead atoms. The van der Waals surface area contributed by atoms with Crippen LogP contribution in [0.4, 0.5) is 8.78 Å². The third-order valence-electron chi connectivity index (χ3n) is 1.84. The highest BCUT2D eigenvalue weighted by atomic mass is 35.5. The molecular formula is C8H6ClF2NO3. The van der Waals surface area contributed by atoms with E-state index in [4.69, 9.17) is 16.8 Å². The van der Waals surface area contributed by atoms with Gasteiger partial charge in [-0.2, -0.15) is 0 Å². The fourth-order valence-corrected chi connectivity index (χ4v) is 1.45. The molecule has 0 spiro atoms. The van der Waals surface area contributed by atoms with Gasteiger partial charge in [0.05, 0.1) is 0 Å². The van der Waals surface area contributed by atoms with Gasteiger partial charge in [-0.1, -0.05) is 11.6 Å². The van der Waals surface area contributed by atoms with Crippen LogP contribution in [0.2, 0.25) is 5.02 Å². The van der Waals surface area contributed by atoms with E-state index in [1.807, 2.05) is 5.48 Å². The number of hydrogen-bond acceptors (Lipinski definition) is 4. The molecule has 0 saturated carbocycles. The standard InChI is InChI=1S/C8H6ClF2NO3/c9-5-2-7-6(1-4(5)3-12-13)14-8(10,11)15-7/h1-2,12-13H,3H2. The van der Waals surface area contributed by atoms with Gasteiger partial charge in [0, 0.05) is 17.6 Å². The number of ether oxygens (including phenoxy) is 2. The maximum absolute atomic E-state index is 12.6. The highest BCUT2D eigenvalue weighted by Gasteiger charge is 2.43. The van der Waals surface area contributed by atoms with Crippen LogP contribution >= 0.6 is 11.6 Å². The van der Waals surface area contributed by atoms with Gasteiger partial charge < -0.3 is 14.7 Å². The minimum atomic E-state index is -3.66. The van der Waals surface area contributed by atoms with Gasteiger partial charge in [0.15, 0.2) is 11.5 Å². The Hall–Kier alpha value is -1.11. The highest BCUT2D eigenvalue weighted by molar-refractivity contribution is 6.31. The number of rotatable bonds is 2. The Morgan fingerprint density at radius 3 is 2.53 bits per heavy atom. The quantitative estimate of drug-likeness (QED) is 0.774. The first-order valence-electron chi connectivity index (χ1n) is 3.97. The van der Waals surface area contributed by atoms with Gasteiger partial charge in [-0.15, -0.1) is 8.78 Å². The molecule has 0 fully saturated rings. The smallest absolute Gasteiger partial charge is 0.395 e. The van der Waals surface area contributed by atoms with Crippen LogP contribution in [0.15, 0.2) is 12.1 Å². The van der Waals surface area contributed by atoms with Gasteiger partial charge in [0.2, 0.25) is 0 Å². The minimum Gasteiger partial charge on any atom is -0.395 e. The van der Waals surface area contributed by atoms with Crippen molar-refractivity contribution in [2.24, 2.45) is 0 Å². The van der Waals surface area contributed by atoms with E-state index in [-0.39, 0.29) is 23.1 Å². The van der Waals surface area contributed by atoms with Crippen LogP contribution in [-0.2, 0) is 6.54 Å². The molecule has 1 aromatic rings. The summed E-state index contributed by atoms with van der Waals surface area (Å²) in [6, 6.07) is 2.49. The van der Waals surface area contributed by atoms with Crippen LogP contribution in [0.25, 0.3) is 0 Å². The van der Waals surface area contributed by atoms with E-state index in [0.29, 0.717) is 5.56 Å². The molecule has 15 heavy (non-hydrogen) atoms. The molecule has 0 aromatic heterocycles. The first-order chi connectivity index (χ1) is 7.02. The Morgan fingerprint density at radius 1 is 1.33 bits per heavy atom. The lowest BCUT2D eigenvalue weighted by Gasteiger charge is -2.04. The predicted molar refractivity (Wildman–Crippen MR) is 46.3 cm³/mol. The van der Waals surface area contributed by atoms with Crippen molar-refractivity contribution < 1.29 is 23.5 Å². The van der Waals surface area contributed by atoms with Crippen LogP contribution in [0, 0.1) is 0 Å². The van der Waals surface area contributed by atoms with E-state index in [1.165, 1.54) is 12.1 Å². The van der Waals surface area contributed by atoms with Crippen LogP contribution in [0.5, 0.6) is 11.5 Å². The Bertz CT molecular complexity index is 400. The summed E-state index contributed by atoms with van der Waals surface area (Å²) in [6.07, 6.45) is -3.66. The topological polar surface area (TPSA) is 50.7 Å². The lowest BCUT2D eigenvalue weighted by atomic mass is 10.2. The summed E-state index contributed by atoms with van der Waals surface area (Å²) in [4.78, 5) is 0. The van der Waals surface area contributed by atoms with E-state index in [0.717, 1.165) is 0 Å². The number of fused-ring (bicyclic) bond motifs is 1. The van der Waals surface area contributed by atoms with Crippen molar-refractivity contribution in [1.82, 2.24) is 5.48 Å². The third kappa shape index (κ3) is 1.97. The van der Waals surface area contributed by atoms with Crippen molar-refractivity contribution in [3.05, 3.63) is 22.7 Å². The van der Waals surface area contributed by atoms with Gasteiger partial charge >= 0.3 is 6.29 Å². The Balaban J connectivity index is 2.36. The fraction of sp³-hybridized carbons (Fsp3) is 0.250. The van der Waals surface area contributed by atoms with Gasteiger partial charge in [-0.05, 0) is 11.6 Å². The maximum Gasteiger partial charge on any atom is 0.586 e. The summed E-state index contributed by atoms with van der Waals surface area (Å²) in [7, 11) is 0. The second kappa shape index (κ2) is 3.48. The van der Waals surface area contributed by atoms with Crippen molar-refractivity contribution in [2.45, 2.75) is 12.8 Å². The summed E-state index contributed by atoms with van der Waals surface area (Å²) >= 11 is 5.75. The molecule has 1 aliphatic rings. The molecule has 0 aliphatic carbocycles. The summed E-state index contributed by atoms with van der Waals surface area (Å²) in [5.74, 6) is -0.221. The number of halogens is 3. The van der Waals surface area contributed by atoms with Gasteiger partial charge in [0.25, 0.3) is 0 Å². The van der Waals surface area contributed by atoms with Crippen LogP contribution in [0.3, 0.4) is 0 Å². The number of alkyl halides is 2. The molecule has 82 valence electrons. The molecular weight excluding hydrogens is 232 g/mol. The minimum absolute atomic E-state index is 0.0288. The van der Waals surface area contributed by atoms with E-state index in [1.54, 1.807) is 0 Å². The van der Waals surface area contributed by atoms with Crippen LogP contribution in [0.1, 0.15) is 5.56 Å². The zero-order chi connectivity index (χ0) is 11.1. The summed E-state index contributed by atoms with van der Waals surface area (Å²) < 4.78 is 33.7. The number of benzene rings is 1. The third-order valence-corrected chi connectivity index (χ3v) is 2.19. The first-order valence-corrected chi connectivity index (χ1v) is 4.35. The molecule has 0 saturated heterocycles. The molecule has 1 aliphatic heterocycles. The Morgan fingerprint density at radius 2 is 1.93 bits per heavy atom. The Labute approximate surface area is 88.3 Å². The molecule has 7 heteroatoms. The van der Waals surface area contributed by atoms with E-state index in [9.17, 15) is 8.78 Å². The molecule has 0 amide bonds. The monoisotopic (exact) mass is 237 g/mol. The summed E-state index contributed by atoms with van der Waals surface area (Å²) in [5, 5.41) is 8.67. The lowest BCUT2D eigenvalue weighted by molar-refractivity contribution is -0.286. The maximum atomic E-state index is 12.6. The van der Waals surface area contributed by atoms with Crippen molar-refractivity contribution in [3.63, 3.8) is 0 Å². The first kappa shape index (κ1) is 10.4. The summed E-state index contributed by atoms with van der Waals surface area (Å²) in [6.45, 7) is 0.0288. The molecule has 2 N–H and O–H groups in total. The van der Waals surface area contributed by atoms with Crippen molar-refractivity contribution >= 4 is 11.6 Å². The number of hydroxylamine groups is 1.